The first-order chi connectivity index (χ1) is 4.31. The number of hydrogen-bond donors (Lipinski definition) is 1. The van der Waals surface area contributed by atoms with Crippen molar-refractivity contribution in [1.29, 1.82) is 5.41 Å². The summed E-state index contributed by atoms with van der Waals surface area (Å²) in [6.07, 6.45) is 6.36. The number of aliphatic imine (C=N–C) groups is 1. The Hall–Kier alpha value is -1.18. The maximum absolute atomic E-state index is 6.68. The summed E-state index contributed by atoms with van der Waals surface area (Å²) in [5.41, 5.74) is 0.466. The van der Waals surface area contributed by atoms with E-state index in [0.717, 1.165) is 6.21 Å². The zero-order valence-electron chi connectivity index (χ0n) is 5.46. The molecular weight excluding hydrogens is 112 g/mol. The molecule has 0 radical (unpaired) electrons. The molecule has 0 saturated carbocycles. The normalized spacial score (nSPS) is 10.8. The molecular formula is C7H10N2. The zero-order valence-corrected chi connectivity index (χ0v) is 5.46. The fraction of sp³-hybridized carbons (Fsp3) is 0.143. The van der Waals surface area contributed by atoms with Crippen molar-refractivity contribution in [2.45, 2.75) is 6.92 Å². The third-order valence-corrected chi connectivity index (χ3v) is 0.685. The molecule has 0 saturated heterocycles. The maximum atomic E-state index is 6.68. The highest BCUT2D eigenvalue weighted by molar-refractivity contribution is 5.80. The molecule has 0 atom stereocenters. The minimum atomic E-state index is 0.466. The van der Waals surface area contributed by atoms with Crippen LogP contribution < -0.4 is 0 Å². The third kappa shape index (κ3) is 4.68. The largest absolute Gasteiger partial charge is 0.307 e. The van der Waals surface area contributed by atoms with E-state index >= 15 is 0 Å². The van der Waals surface area contributed by atoms with E-state index in [4.69, 9.17) is 5.41 Å². The summed E-state index contributed by atoms with van der Waals surface area (Å²) in [6.45, 7) is 5.37. The lowest BCUT2D eigenvalue weighted by Gasteiger charge is -1.80. The topological polar surface area (TPSA) is 36.2 Å². The SMILES string of the molecule is C=C(C=N)N=C/C=C/C. The van der Waals surface area contributed by atoms with Crippen LogP contribution >= 0.6 is 0 Å². The highest BCUT2D eigenvalue weighted by Crippen LogP contribution is 1.82. The van der Waals surface area contributed by atoms with Crippen LogP contribution in [0.1, 0.15) is 6.92 Å². The molecule has 0 spiro atoms. The molecule has 0 heterocycles. The molecule has 0 rings (SSSR count). The van der Waals surface area contributed by atoms with Gasteiger partial charge in [-0.25, -0.2) is 0 Å². The van der Waals surface area contributed by atoms with Crippen LogP contribution in [0.2, 0.25) is 0 Å². The van der Waals surface area contributed by atoms with Crippen LogP contribution in [0.5, 0.6) is 0 Å². The second-order valence-corrected chi connectivity index (χ2v) is 1.44. The Balaban J connectivity index is 3.70. The molecule has 0 aromatic heterocycles. The first-order valence-corrected chi connectivity index (χ1v) is 2.66. The molecule has 48 valence electrons. The second-order valence-electron chi connectivity index (χ2n) is 1.44. The maximum Gasteiger partial charge on any atom is 0.0733 e. The first-order valence-electron chi connectivity index (χ1n) is 2.66. The molecule has 0 aliphatic carbocycles. The third-order valence-electron chi connectivity index (χ3n) is 0.685. The van der Waals surface area contributed by atoms with Gasteiger partial charge in [0.1, 0.15) is 0 Å². The van der Waals surface area contributed by atoms with Crippen LogP contribution in [0.4, 0.5) is 0 Å². The van der Waals surface area contributed by atoms with Gasteiger partial charge in [-0.15, -0.1) is 0 Å². The van der Waals surface area contributed by atoms with Crippen molar-refractivity contribution in [1.82, 2.24) is 0 Å². The van der Waals surface area contributed by atoms with Crippen LogP contribution in [-0.4, -0.2) is 12.4 Å². The van der Waals surface area contributed by atoms with Gasteiger partial charge < -0.3 is 5.41 Å². The molecule has 0 aromatic rings. The Morgan fingerprint density at radius 1 is 1.67 bits per heavy atom. The Morgan fingerprint density at radius 2 is 2.33 bits per heavy atom. The van der Waals surface area contributed by atoms with E-state index in [1.165, 1.54) is 0 Å². The number of rotatable bonds is 3. The van der Waals surface area contributed by atoms with Gasteiger partial charge in [0.15, 0.2) is 0 Å². The lowest BCUT2D eigenvalue weighted by atomic mass is 10.5. The number of hydrogen-bond acceptors (Lipinski definition) is 2. The summed E-state index contributed by atoms with van der Waals surface area (Å²) in [6, 6.07) is 0. The second kappa shape index (κ2) is 4.97. The van der Waals surface area contributed by atoms with Gasteiger partial charge in [0.05, 0.1) is 5.70 Å². The number of allylic oxidation sites excluding steroid dienone is 3. The minimum Gasteiger partial charge on any atom is -0.307 e. The van der Waals surface area contributed by atoms with E-state index in [1.54, 1.807) is 12.3 Å². The summed E-state index contributed by atoms with van der Waals surface area (Å²) in [7, 11) is 0. The standard InChI is InChI=1S/C7H10N2/c1-3-4-5-9-7(2)6-8/h3-6,8H,2H2,1H3/b4-3+,8-6?,9-5?. The highest BCUT2D eigenvalue weighted by Gasteiger charge is 1.73. The summed E-state index contributed by atoms with van der Waals surface area (Å²) >= 11 is 0. The molecule has 0 aromatic carbocycles. The molecule has 0 amide bonds. The van der Waals surface area contributed by atoms with Gasteiger partial charge in [-0.2, -0.15) is 0 Å². The molecule has 0 unspecified atom stereocenters. The average molecular weight is 122 g/mol. The molecule has 0 fully saturated rings. The first kappa shape index (κ1) is 7.82. The van der Waals surface area contributed by atoms with Crippen molar-refractivity contribution >= 4 is 12.4 Å². The Kier molecular flexibility index (Phi) is 4.32. The predicted octanol–water partition coefficient (Wildman–Crippen LogP) is 1.80. The molecule has 1 N–H and O–H groups in total. The van der Waals surface area contributed by atoms with E-state index in [0.29, 0.717) is 5.70 Å². The van der Waals surface area contributed by atoms with Crippen molar-refractivity contribution in [3.05, 3.63) is 24.4 Å². The average Bonchev–Trinajstić information content (AvgIpc) is 1.89. The van der Waals surface area contributed by atoms with Crippen LogP contribution in [-0.2, 0) is 0 Å². The molecule has 2 heteroatoms. The fourth-order valence-electron chi connectivity index (χ4n) is 0.262. The lowest BCUT2D eigenvalue weighted by Crippen LogP contribution is -1.73. The zero-order chi connectivity index (χ0) is 7.11. The summed E-state index contributed by atoms with van der Waals surface area (Å²) in [4.78, 5) is 3.78. The molecule has 0 aliphatic rings. The highest BCUT2D eigenvalue weighted by atomic mass is 14.7. The van der Waals surface area contributed by atoms with E-state index in [9.17, 15) is 0 Å². The van der Waals surface area contributed by atoms with Gasteiger partial charge in [0.2, 0.25) is 0 Å². The summed E-state index contributed by atoms with van der Waals surface area (Å²) in [5, 5.41) is 6.68. The van der Waals surface area contributed by atoms with Crippen molar-refractivity contribution in [3.63, 3.8) is 0 Å². The Labute approximate surface area is 55.1 Å². The van der Waals surface area contributed by atoms with Crippen LogP contribution in [0.15, 0.2) is 29.4 Å². The Morgan fingerprint density at radius 3 is 2.78 bits per heavy atom. The van der Waals surface area contributed by atoms with Crippen molar-refractivity contribution in [3.8, 4) is 0 Å². The molecule has 9 heavy (non-hydrogen) atoms. The van der Waals surface area contributed by atoms with Gasteiger partial charge in [-0.1, -0.05) is 12.7 Å². The molecule has 2 nitrogen and oxygen atoms in total. The minimum absolute atomic E-state index is 0.466. The van der Waals surface area contributed by atoms with Crippen LogP contribution in [0, 0.1) is 5.41 Å². The summed E-state index contributed by atoms with van der Waals surface area (Å²) in [5.74, 6) is 0. The van der Waals surface area contributed by atoms with Crippen molar-refractivity contribution < 1.29 is 0 Å². The van der Waals surface area contributed by atoms with Gasteiger partial charge >= 0.3 is 0 Å². The quantitative estimate of drug-likeness (QED) is 0.554. The molecule has 0 aliphatic heterocycles. The van der Waals surface area contributed by atoms with Crippen LogP contribution in [0.25, 0.3) is 0 Å². The van der Waals surface area contributed by atoms with Crippen molar-refractivity contribution in [2.75, 3.05) is 0 Å². The van der Waals surface area contributed by atoms with E-state index in [-0.39, 0.29) is 0 Å². The van der Waals surface area contributed by atoms with Gasteiger partial charge in [0, 0.05) is 12.4 Å². The fourth-order valence-corrected chi connectivity index (χ4v) is 0.262. The van der Waals surface area contributed by atoms with Crippen molar-refractivity contribution in [2.24, 2.45) is 4.99 Å². The van der Waals surface area contributed by atoms with E-state index in [2.05, 4.69) is 11.6 Å². The van der Waals surface area contributed by atoms with E-state index in [1.807, 2.05) is 13.0 Å². The monoisotopic (exact) mass is 122 g/mol. The van der Waals surface area contributed by atoms with Gasteiger partial charge in [0.25, 0.3) is 0 Å². The summed E-state index contributed by atoms with van der Waals surface area (Å²) < 4.78 is 0. The smallest absolute Gasteiger partial charge is 0.0733 e. The number of nitrogens with zero attached hydrogens (tertiary/aromatic N) is 1. The van der Waals surface area contributed by atoms with Gasteiger partial charge in [-0.3, -0.25) is 4.99 Å². The lowest BCUT2D eigenvalue weighted by molar-refractivity contribution is 1.46. The predicted molar refractivity (Wildman–Crippen MR) is 41.2 cm³/mol. The van der Waals surface area contributed by atoms with Gasteiger partial charge in [-0.05, 0) is 13.0 Å². The van der Waals surface area contributed by atoms with E-state index < -0.39 is 0 Å². The Bertz CT molecular complexity index is 154. The molecule has 0 bridgehead atoms. The number of nitrogens with one attached hydrogen (secondary N) is 1. The van der Waals surface area contributed by atoms with Crippen LogP contribution in [0.3, 0.4) is 0 Å².